The zero-order valence-corrected chi connectivity index (χ0v) is 11.0. The van der Waals surface area contributed by atoms with Gasteiger partial charge in [0.25, 0.3) is 0 Å². The lowest BCUT2D eigenvalue weighted by atomic mass is 9.89. The fraction of sp³-hybridized carbons (Fsp3) is 0.833. The van der Waals surface area contributed by atoms with Crippen LogP contribution < -0.4 is 5.32 Å². The molecule has 5 heteroatoms. The monoisotopic (exact) mass is 238 g/mol. The number of carbonyl (C=O) groups is 1. The van der Waals surface area contributed by atoms with Crippen LogP contribution in [0.5, 0.6) is 0 Å². The number of piperidine rings is 1. The third-order valence-corrected chi connectivity index (χ3v) is 3.20. The van der Waals surface area contributed by atoms with Crippen LogP contribution in [-0.2, 0) is 0 Å². The van der Waals surface area contributed by atoms with E-state index >= 15 is 0 Å². The molecule has 1 N–H and O–H groups in total. The number of likely N-dealkylation sites (tertiary alicyclic amines) is 1. The van der Waals surface area contributed by atoms with Crippen LogP contribution in [0.25, 0.3) is 0 Å². The molecular formula is C12H22N4O. The first kappa shape index (κ1) is 13.8. The molecule has 0 aromatic rings. The van der Waals surface area contributed by atoms with Gasteiger partial charge in [-0.05, 0) is 25.8 Å². The number of hydrogen-bond acceptors (Lipinski definition) is 3. The van der Waals surface area contributed by atoms with Crippen molar-refractivity contribution in [1.29, 1.82) is 5.26 Å². The summed E-state index contributed by atoms with van der Waals surface area (Å²) in [6, 6.07) is 2.41. The van der Waals surface area contributed by atoms with E-state index in [-0.39, 0.29) is 6.03 Å². The minimum atomic E-state index is -0.431. The van der Waals surface area contributed by atoms with Gasteiger partial charge >= 0.3 is 6.03 Å². The van der Waals surface area contributed by atoms with Crippen molar-refractivity contribution >= 4 is 6.03 Å². The number of hydrogen-bond donors (Lipinski definition) is 1. The minimum absolute atomic E-state index is 0.0343. The highest BCUT2D eigenvalue weighted by molar-refractivity contribution is 5.74. The van der Waals surface area contributed by atoms with Gasteiger partial charge < -0.3 is 9.80 Å². The lowest BCUT2D eigenvalue weighted by Gasteiger charge is -2.38. The fourth-order valence-electron chi connectivity index (χ4n) is 2.05. The van der Waals surface area contributed by atoms with Crippen LogP contribution in [0.1, 0.15) is 26.2 Å². The van der Waals surface area contributed by atoms with Crippen LogP contribution in [0.2, 0.25) is 0 Å². The summed E-state index contributed by atoms with van der Waals surface area (Å²) in [7, 11) is 3.51. The average molecular weight is 238 g/mol. The fourth-order valence-corrected chi connectivity index (χ4v) is 2.05. The third kappa shape index (κ3) is 3.34. The highest BCUT2D eigenvalue weighted by atomic mass is 16.2. The topological polar surface area (TPSA) is 59.4 Å². The Hall–Kier alpha value is -1.28. The second-order valence-electron chi connectivity index (χ2n) is 4.78. The number of nitrogens with zero attached hydrogens (tertiary/aromatic N) is 3. The predicted molar refractivity (Wildman–Crippen MR) is 66.5 cm³/mol. The van der Waals surface area contributed by atoms with Crippen molar-refractivity contribution in [2.45, 2.75) is 31.7 Å². The summed E-state index contributed by atoms with van der Waals surface area (Å²) in [5, 5.41) is 12.6. The van der Waals surface area contributed by atoms with Crippen LogP contribution in [0.4, 0.5) is 4.79 Å². The number of nitrogens with one attached hydrogen (secondary N) is 1. The van der Waals surface area contributed by atoms with Gasteiger partial charge in [-0.1, -0.05) is 6.92 Å². The van der Waals surface area contributed by atoms with Crippen molar-refractivity contribution in [3.05, 3.63) is 0 Å². The second-order valence-corrected chi connectivity index (χ2v) is 4.78. The summed E-state index contributed by atoms with van der Waals surface area (Å²) in [5.74, 6) is 0. The molecule has 0 aromatic heterocycles. The summed E-state index contributed by atoms with van der Waals surface area (Å²) in [6.45, 7) is 4.25. The number of amides is 2. The van der Waals surface area contributed by atoms with Crippen LogP contribution in [-0.4, -0.2) is 55.1 Å². The Kier molecular flexibility index (Phi) is 4.76. The first-order chi connectivity index (χ1) is 8.04. The number of rotatable bonds is 3. The molecule has 0 spiro atoms. The molecule has 0 radical (unpaired) electrons. The largest absolute Gasteiger partial charge is 0.331 e. The van der Waals surface area contributed by atoms with Crippen molar-refractivity contribution in [2.75, 3.05) is 33.7 Å². The van der Waals surface area contributed by atoms with Gasteiger partial charge in [0.05, 0.1) is 6.07 Å². The Morgan fingerprint density at radius 3 is 2.47 bits per heavy atom. The van der Waals surface area contributed by atoms with Crippen LogP contribution in [0, 0.1) is 11.3 Å². The first-order valence-electron chi connectivity index (χ1n) is 6.17. The summed E-state index contributed by atoms with van der Waals surface area (Å²) in [5.41, 5.74) is -0.431. The van der Waals surface area contributed by atoms with Crippen LogP contribution in [0.15, 0.2) is 0 Å². The third-order valence-electron chi connectivity index (χ3n) is 3.20. The maximum absolute atomic E-state index is 11.8. The molecule has 0 saturated carbocycles. The van der Waals surface area contributed by atoms with E-state index in [1.165, 1.54) is 0 Å². The Labute approximate surface area is 103 Å². The Morgan fingerprint density at radius 2 is 2.06 bits per heavy atom. The molecule has 1 aliphatic heterocycles. The molecule has 1 fully saturated rings. The van der Waals surface area contributed by atoms with Gasteiger partial charge in [-0.2, -0.15) is 5.26 Å². The summed E-state index contributed by atoms with van der Waals surface area (Å²) in [4.78, 5) is 15.2. The Bertz CT molecular complexity index is 300. The van der Waals surface area contributed by atoms with Gasteiger partial charge in [0, 0.05) is 27.2 Å². The van der Waals surface area contributed by atoms with E-state index in [0.29, 0.717) is 25.9 Å². The van der Waals surface area contributed by atoms with E-state index in [9.17, 15) is 10.1 Å². The molecule has 0 aromatic carbocycles. The molecular weight excluding hydrogens is 216 g/mol. The Balaban J connectivity index is 2.54. The van der Waals surface area contributed by atoms with Crippen molar-refractivity contribution < 1.29 is 4.79 Å². The molecule has 0 atom stereocenters. The standard InChI is InChI=1S/C12H22N4O/c1-4-7-14-12(10-13)5-8-16(9-6-12)11(17)15(2)3/h14H,4-9H2,1-3H3. The van der Waals surface area contributed by atoms with E-state index in [0.717, 1.165) is 13.0 Å². The summed E-state index contributed by atoms with van der Waals surface area (Å²) < 4.78 is 0. The SMILES string of the molecule is CCCNC1(C#N)CCN(C(=O)N(C)C)CC1. The van der Waals surface area contributed by atoms with Gasteiger partial charge in [0.2, 0.25) is 0 Å². The van der Waals surface area contributed by atoms with Crippen molar-refractivity contribution in [3.8, 4) is 6.07 Å². The summed E-state index contributed by atoms with van der Waals surface area (Å²) in [6.07, 6.45) is 2.44. The Morgan fingerprint density at radius 1 is 1.47 bits per heavy atom. The van der Waals surface area contributed by atoms with Gasteiger partial charge in [-0.25, -0.2) is 4.79 Å². The number of carbonyl (C=O) groups excluding carboxylic acids is 1. The van der Waals surface area contributed by atoms with Crippen molar-refractivity contribution in [2.24, 2.45) is 0 Å². The molecule has 17 heavy (non-hydrogen) atoms. The zero-order chi connectivity index (χ0) is 12.9. The molecule has 0 aliphatic carbocycles. The van der Waals surface area contributed by atoms with Crippen molar-refractivity contribution in [3.63, 3.8) is 0 Å². The molecule has 0 bridgehead atoms. The van der Waals surface area contributed by atoms with Crippen LogP contribution >= 0.6 is 0 Å². The van der Waals surface area contributed by atoms with Gasteiger partial charge in [-0.15, -0.1) is 0 Å². The van der Waals surface area contributed by atoms with Crippen LogP contribution in [0.3, 0.4) is 0 Å². The van der Waals surface area contributed by atoms with E-state index in [1.807, 2.05) is 4.90 Å². The maximum Gasteiger partial charge on any atom is 0.319 e. The number of urea groups is 1. The van der Waals surface area contributed by atoms with E-state index in [2.05, 4.69) is 18.3 Å². The maximum atomic E-state index is 11.8. The van der Waals surface area contributed by atoms with E-state index in [4.69, 9.17) is 0 Å². The van der Waals surface area contributed by atoms with Gasteiger partial charge in [0.1, 0.15) is 5.54 Å². The normalized spacial score (nSPS) is 18.6. The molecule has 1 aliphatic rings. The molecule has 5 nitrogen and oxygen atoms in total. The zero-order valence-electron chi connectivity index (χ0n) is 11.0. The quantitative estimate of drug-likeness (QED) is 0.798. The summed E-state index contributed by atoms with van der Waals surface area (Å²) >= 11 is 0. The molecule has 96 valence electrons. The minimum Gasteiger partial charge on any atom is -0.331 e. The molecule has 2 amide bonds. The second kappa shape index (κ2) is 5.87. The van der Waals surface area contributed by atoms with Crippen molar-refractivity contribution in [1.82, 2.24) is 15.1 Å². The van der Waals surface area contributed by atoms with Gasteiger partial charge in [-0.3, -0.25) is 5.32 Å². The van der Waals surface area contributed by atoms with E-state index in [1.54, 1.807) is 19.0 Å². The average Bonchev–Trinajstić information content (AvgIpc) is 2.36. The first-order valence-corrected chi connectivity index (χ1v) is 6.17. The number of nitriles is 1. The molecule has 1 rings (SSSR count). The molecule has 1 saturated heterocycles. The highest BCUT2D eigenvalue weighted by Crippen LogP contribution is 2.22. The smallest absolute Gasteiger partial charge is 0.319 e. The van der Waals surface area contributed by atoms with Gasteiger partial charge in [0.15, 0.2) is 0 Å². The predicted octanol–water partition coefficient (Wildman–Crippen LogP) is 1.03. The highest BCUT2D eigenvalue weighted by Gasteiger charge is 2.35. The molecule has 0 unspecified atom stereocenters. The lowest BCUT2D eigenvalue weighted by Crippen LogP contribution is -2.55. The lowest BCUT2D eigenvalue weighted by molar-refractivity contribution is 0.141. The van der Waals surface area contributed by atoms with E-state index < -0.39 is 5.54 Å². The molecule has 1 heterocycles.